The number of hydrogen-bond donors (Lipinski definition) is 2. The molecule has 41 heavy (non-hydrogen) atoms. The molecule has 1 aromatic carbocycles. The minimum absolute atomic E-state index is 0.0450. The largest absolute Gasteiger partial charge is 0.444 e. The highest BCUT2D eigenvalue weighted by Gasteiger charge is 2.34. The Labute approximate surface area is 243 Å². The van der Waals surface area contributed by atoms with Gasteiger partial charge in [0.15, 0.2) is 0 Å². The summed E-state index contributed by atoms with van der Waals surface area (Å²) in [6, 6.07) is 3.78. The fourth-order valence-corrected chi connectivity index (χ4v) is 5.50. The van der Waals surface area contributed by atoms with E-state index in [1.807, 2.05) is 20.8 Å². The highest BCUT2D eigenvalue weighted by Crippen LogP contribution is 2.37. The molecule has 1 aliphatic heterocycles. The number of primary amides is 1. The maximum Gasteiger partial charge on any atom is 0.417 e. The van der Waals surface area contributed by atoms with Crippen LogP contribution in [0, 0.1) is 0 Å². The molecular formula is C27H33BrF3N7O3. The van der Waals surface area contributed by atoms with E-state index >= 15 is 0 Å². The maximum absolute atomic E-state index is 13.3. The van der Waals surface area contributed by atoms with Gasteiger partial charge >= 0.3 is 12.3 Å². The fourth-order valence-electron chi connectivity index (χ4n) is 4.88. The molecule has 1 aliphatic rings. The summed E-state index contributed by atoms with van der Waals surface area (Å²) in [7, 11) is 0. The Morgan fingerprint density at radius 1 is 1.15 bits per heavy atom. The van der Waals surface area contributed by atoms with Crippen LogP contribution in [-0.4, -0.2) is 55.2 Å². The Morgan fingerprint density at radius 3 is 2.39 bits per heavy atom. The molecule has 2 aromatic heterocycles. The Morgan fingerprint density at radius 2 is 1.80 bits per heavy atom. The number of nitrogens with two attached hydrogens (primary N) is 2. The van der Waals surface area contributed by atoms with Gasteiger partial charge in [-0.3, -0.25) is 9.48 Å². The molecule has 0 aliphatic carbocycles. The highest BCUT2D eigenvalue weighted by atomic mass is 79.9. The number of carbonyl (C=O) groups excluding carboxylic acids is 2. The first kappa shape index (κ1) is 30.4. The van der Waals surface area contributed by atoms with Crippen molar-refractivity contribution < 1.29 is 27.5 Å². The third-order valence-electron chi connectivity index (χ3n) is 6.75. The highest BCUT2D eigenvalue weighted by molar-refractivity contribution is 9.10. The molecule has 4 rings (SSSR count). The molecule has 0 saturated carbocycles. The summed E-state index contributed by atoms with van der Waals surface area (Å²) in [5.74, 6) is -0.616. The SMILES string of the molecule is CC(C)(C)OC(=O)N1CCCC(n2nc(-c3cnn(Cc4cccc(C(F)(F)F)c4Br)c3)c(C(N)=O)c2N)CCC1. The summed E-state index contributed by atoms with van der Waals surface area (Å²) in [5, 5.41) is 8.93. The summed E-state index contributed by atoms with van der Waals surface area (Å²) in [5.41, 5.74) is 11.9. The average molecular weight is 641 g/mol. The van der Waals surface area contributed by atoms with Crippen molar-refractivity contribution in [3.63, 3.8) is 0 Å². The molecule has 0 bridgehead atoms. The summed E-state index contributed by atoms with van der Waals surface area (Å²) >= 11 is 3.07. The lowest BCUT2D eigenvalue weighted by molar-refractivity contribution is -0.138. The number of ether oxygens (including phenoxy) is 1. The van der Waals surface area contributed by atoms with Gasteiger partial charge in [-0.15, -0.1) is 0 Å². The first-order valence-corrected chi connectivity index (χ1v) is 14.0. The number of nitrogens with zero attached hydrogens (tertiary/aromatic N) is 5. The summed E-state index contributed by atoms with van der Waals surface area (Å²) < 4.78 is 48.5. The molecule has 10 nitrogen and oxygen atoms in total. The smallest absolute Gasteiger partial charge is 0.417 e. The Balaban J connectivity index is 1.54. The van der Waals surface area contributed by atoms with Gasteiger partial charge in [-0.1, -0.05) is 12.1 Å². The quantitative estimate of drug-likeness (QED) is 0.373. The molecule has 0 spiro atoms. The van der Waals surface area contributed by atoms with Crippen molar-refractivity contribution in [2.75, 3.05) is 18.8 Å². The number of alkyl halides is 3. The van der Waals surface area contributed by atoms with Crippen LogP contribution < -0.4 is 11.5 Å². The van der Waals surface area contributed by atoms with Crippen LogP contribution in [0.1, 0.15) is 74.0 Å². The van der Waals surface area contributed by atoms with Crippen LogP contribution in [0.2, 0.25) is 0 Å². The number of rotatable bonds is 5. The number of amides is 2. The molecule has 2 amide bonds. The van der Waals surface area contributed by atoms with Crippen LogP contribution in [-0.2, 0) is 17.5 Å². The standard InChI is InChI=1S/C27H33BrF3N7O3/c1-26(2,3)41-25(40)36-11-5-8-18(9-6-12-36)38-23(32)20(24(33)39)22(35-38)17-13-34-37(15-17)14-16-7-4-10-19(21(16)28)27(29,30)31/h4,7,10,13,15,18H,5-6,8-9,11-12,14,32H2,1-3H3,(H2,33,39). The van der Waals surface area contributed by atoms with E-state index in [1.54, 1.807) is 21.8 Å². The predicted octanol–water partition coefficient (Wildman–Crippen LogP) is 5.61. The van der Waals surface area contributed by atoms with Crippen molar-refractivity contribution in [1.82, 2.24) is 24.5 Å². The van der Waals surface area contributed by atoms with E-state index in [4.69, 9.17) is 16.2 Å². The predicted molar refractivity (Wildman–Crippen MR) is 150 cm³/mol. The average Bonchev–Trinajstić information content (AvgIpc) is 3.42. The van der Waals surface area contributed by atoms with E-state index in [-0.39, 0.29) is 40.2 Å². The number of hydrogen-bond acceptors (Lipinski definition) is 6. The molecular weight excluding hydrogens is 607 g/mol. The second kappa shape index (κ2) is 11.7. The van der Waals surface area contributed by atoms with Crippen LogP contribution in [0.3, 0.4) is 0 Å². The topological polar surface area (TPSA) is 134 Å². The third-order valence-corrected chi connectivity index (χ3v) is 7.68. The van der Waals surface area contributed by atoms with Gasteiger partial charge in [-0.05, 0) is 74.0 Å². The van der Waals surface area contributed by atoms with Crippen molar-refractivity contribution in [3.05, 3.63) is 51.8 Å². The molecule has 1 fully saturated rings. The van der Waals surface area contributed by atoms with E-state index in [1.165, 1.54) is 16.9 Å². The van der Waals surface area contributed by atoms with Crippen LogP contribution in [0.5, 0.6) is 0 Å². The first-order valence-electron chi connectivity index (χ1n) is 13.2. The second-order valence-corrected chi connectivity index (χ2v) is 11.8. The van der Waals surface area contributed by atoms with E-state index in [9.17, 15) is 22.8 Å². The summed E-state index contributed by atoms with van der Waals surface area (Å²) in [6.07, 6.45) is 0.872. The first-order chi connectivity index (χ1) is 19.2. The summed E-state index contributed by atoms with van der Waals surface area (Å²) in [6.45, 7) is 6.55. The van der Waals surface area contributed by atoms with E-state index < -0.39 is 23.2 Å². The fraction of sp³-hybridized carbons (Fsp3) is 0.481. The van der Waals surface area contributed by atoms with Crippen LogP contribution in [0.15, 0.2) is 35.1 Å². The van der Waals surface area contributed by atoms with Gasteiger partial charge in [0.25, 0.3) is 5.91 Å². The van der Waals surface area contributed by atoms with Gasteiger partial charge in [-0.25, -0.2) is 9.48 Å². The Bertz CT molecular complexity index is 1420. The third kappa shape index (κ3) is 7.03. The zero-order valence-electron chi connectivity index (χ0n) is 23.0. The van der Waals surface area contributed by atoms with Crippen LogP contribution >= 0.6 is 15.9 Å². The zero-order valence-corrected chi connectivity index (χ0v) is 24.6. The molecule has 14 heteroatoms. The molecule has 222 valence electrons. The Hall–Kier alpha value is -3.55. The second-order valence-electron chi connectivity index (χ2n) is 11.0. The van der Waals surface area contributed by atoms with Crippen LogP contribution in [0.25, 0.3) is 11.3 Å². The maximum atomic E-state index is 13.3. The molecule has 3 aromatic rings. The minimum atomic E-state index is -4.50. The van der Waals surface area contributed by atoms with Gasteiger partial charge in [-0.2, -0.15) is 23.4 Å². The monoisotopic (exact) mass is 639 g/mol. The molecule has 0 unspecified atom stereocenters. The van der Waals surface area contributed by atoms with Crippen molar-refractivity contribution in [2.24, 2.45) is 5.73 Å². The van der Waals surface area contributed by atoms with E-state index in [0.29, 0.717) is 49.9 Å². The molecule has 3 heterocycles. The molecule has 4 N–H and O–H groups in total. The summed E-state index contributed by atoms with van der Waals surface area (Å²) in [4.78, 5) is 26.6. The normalized spacial score (nSPS) is 15.4. The molecule has 1 saturated heterocycles. The van der Waals surface area contributed by atoms with Crippen molar-refractivity contribution in [2.45, 2.75) is 70.8 Å². The lowest BCUT2D eigenvalue weighted by atomic mass is 10.0. The minimum Gasteiger partial charge on any atom is -0.444 e. The van der Waals surface area contributed by atoms with Gasteiger partial charge < -0.3 is 21.1 Å². The number of aromatic nitrogens is 4. The van der Waals surface area contributed by atoms with Crippen molar-refractivity contribution in [1.29, 1.82) is 0 Å². The van der Waals surface area contributed by atoms with Crippen molar-refractivity contribution >= 4 is 33.7 Å². The van der Waals surface area contributed by atoms with Gasteiger partial charge in [0, 0.05) is 29.3 Å². The lowest BCUT2D eigenvalue weighted by Crippen LogP contribution is -2.39. The number of likely N-dealkylation sites (tertiary alicyclic amines) is 1. The van der Waals surface area contributed by atoms with E-state index in [2.05, 4.69) is 26.1 Å². The molecule has 0 atom stereocenters. The number of nitrogen functional groups attached to an aromatic ring is 1. The number of carbonyl (C=O) groups is 2. The van der Waals surface area contributed by atoms with Crippen LogP contribution in [0.4, 0.5) is 23.8 Å². The molecule has 0 radical (unpaired) electrons. The number of halogens is 4. The zero-order chi connectivity index (χ0) is 30.1. The number of benzene rings is 1. The van der Waals surface area contributed by atoms with E-state index in [0.717, 1.165) is 6.07 Å². The number of anilines is 1. The van der Waals surface area contributed by atoms with Crippen molar-refractivity contribution in [3.8, 4) is 11.3 Å². The van der Waals surface area contributed by atoms with Gasteiger partial charge in [0.05, 0.1) is 24.3 Å². The van der Waals surface area contributed by atoms with Gasteiger partial charge in [0.1, 0.15) is 22.7 Å². The Kier molecular flexibility index (Phi) is 8.71. The van der Waals surface area contributed by atoms with Gasteiger partial charge in [0.2, 0.25) is 0 Å². The lowest BCUT2D eigenvalue weighted by Gasteiger charge is -2.30.